The van der Waals surface area contributed by atoms with Gasteiger partial charge in [0.1, 0.15) is 5.82 Å². The van der Waals surface area contributed by atoms with Gasteiger partial charge in [0.25, 0.3) is 0 Å². The standard InChI is InChI=1S/C24H28N4S/c1-27(2)18-11-19-29-24(26-22-14-7-4-8-15-22)28(23-16-9-10-17-25-23)20-21-12-5-3-6-13-21/h3-10,12-17H,11,18-20H2,1-2H3. The van der Waals surface area contributed by atoms with Crippen molar-refractivity contribution in [3.63, 3.8) is 0 Å². The Hall–Kier alpha value is -2.63. The molecule has 0 bridgehead atoms. The minimum absolute atomic E-state index is 0.726. The summed E-state index contributed by atoms with van der Waals surface area (Å²) in [5, 5.41) is 0.970. The maximum atomic E-state index is 5.00. The number of anilines is 1. The first-order valence-corrected chi connectivity index (χ1v) is 10.8. The molecule has 3 rings (SSSR count). The minimum Gasteiger partial charge on any atom is -0.309 e. The van der Waals surface area contributed by atoms with Gasteiger partial charge < -0.3 is 9.80 Å². The SMILES string of the molecule is CN(C)CCCSC(=Nc1ccccc1)N(Cc1ccccc1)c1ccccn1. The monoisotopic (exact) mass is 404 g/mol. The van der Waals surface area contributed by atoms with Crippen molar-refractivity contribution < 1.29 is 0 Å². The van der Waals surface area contributed by atoms with Gasteiger partial charge in [-0.25, -0.2) is 9.98 Å². The average Bonchev–Trinajstić information content (AvgIpc) is 2.76. The molecule has 0 unspecified atom stereocenters. The molecule has 4 nitrogen and oxygen atoms in total. The van der Waals surface area contributed by atoms with Crippen molar-refractivity contribution in [2.75, 3.05) is 31.3 Å². The molecule has 2 aromatic carbocycles. The molecule has 3 aromatic rings. The van der Waals surface area contributed by atoms with Crippen LogP contribution in [0, 0.1) is 0 Å². The van der Waals surface area contributed by atoms with Crippen molar-refractivity contribution in [1.82, 2.24) is 9.88 Å². The van der Waals surface area contributed by atoms with Crippen LogP contribution in [-0.2, 0) is 6.54 Å². The molecule has 150 valence electrons. The highest BCUT2D eigenvalue weighted by Crippen LogP contribution is 2.24. The molecule has 0 N–H and O–H groups in total. The summed E-state index contributed by atoms with van der Waals surface area (Å²) in [6, 6.07) is 26.6. The van der Waals surface area contributed by atoms with Gasteiger partial charge in [-0.2, -0.15) is 0 Å². The molecule has 0 spiro atoms. The highest BCUT2D eigenvalue weighted by Gasteiger charge is 2.16. The Kier molecular flexibility index (Phi) is 8.28. The number of amidine groups is 1. The smallest absolute Gasteiger partial charge is 0.170 e. The van der Waals surface area contributed by atoms with Crippen LogP contribution in [0.25, 0.3) is 0 Å². The fourth-order valence-corrected chi connectivity index (χ4v) is 3.79. The van der Waals surface area contributed by atoms with Gasteiger partial charge in [-0.15, -0.1) is 0 Å². The molecule has 5 heteroatoms. The number of thioether (sulfide) groups is 1. The van der Waals surface area contributed by atoms with Crippen LogP contribution in [0.15, 0.2) is 90.1 Å². The van der Waals surface area contributed by atoms with Gasteiger partial charge in [-0.05, 0) is 56.9 Å². The molecule has 29 heavy (non-hydrogen) atoms. The highest BCUT2D eigenvalue weighted by molar-refractivity contribution is 8.14. The van der Waals surface area contributed by atoms with Crippen LogP contribution in [0.1, 0.15) is 12.0 Å². The molecule has 0 aliphatic heterocycles. The first-order valence-electron chi connectivity index (χ1n) is 9.86. The maximum Gasteiger partial charge on any atom is 0.170 e. The van der Waals surface area contributed by atoms with E-state index in [2.05, 4.69) is 53.1 Å². The Morgan fingerprint density at radius 3 is 2.24 bits per heavy atom. The lowest BCUT2D eigenvalue weighted by atomic mass is 10.2. The number of aromatic nitrogens is 1. The molecule has 0 atom stereocenters. The number of pyridine rings is 1. The van der Waals surface area contributed by atoms with Gasteiger partial charge in [0, 0.05) is 11.9 Å². The van der Waals surface area contributed by atoms with E-state index in [1.165, 1.54) is 5.56 Å². The van der Waals surface area contributed by atoms with Crippen molar-refractivity contribution in [2.24, 2.45) is 4.99 Å². The van der Waals surface area contributed by atoms with E-state index in [9.17, 15) is 0 Å². The second-order valence-corrected chi connectivity index (χ2v) is 8.06. The van der Waals surface area contributed by atoms with Gasteiger partial charge in [-0.1, -0.05) is 66.4 Å². The average molecular weight is 405 g/mol. The number of rotatable bonds is 8. The van der Waals surface area contributed by atoms with E-state index in [0.717, 1.165) is 41.9 Å². The largest absolute Gasteiger partial charge is 0.309 e. The zero-order valence-electron chi connectivity index (χ0n) is 17.1. The summed E-state index contributed by atoms with van der Waals surface area (Å²) < 4.78 is 0. The minimum atomic E-state index is 0.726. The Morgan fingerprint density at radius 2 is 1.59 bits per heavy atom. The quantitative estimate of drug-likeness (QED) is 0.283. The van der Waals surface area contributed by atoms with Gasteiger partial charge in [-0.3, -0.25) is 0 Å². The molecular formula is C24H28N4S. The summed E-state index contributed by atoms with van der Waals surface area (Å²) in [7, 11) is 4.22. The molecule has 0 aliphatic rings. The second kappa shape index (κ2) is 11.4. The molecule has 0 saturated carbocycles. The molecule has 1 aromatic heterocycles. The lowest BCUT2D eigenvalue weighted by Crippen LogP contribution is -2.29. The van der Waals surface area contributed by atoms with Crippen LogP contribution < -0.4 is 4.90 Å². The van der Waals surface area contributed by atoms with E-state index in [1.807, 2.05) is 60.8 Å². The topological polar surface area (TPSA) is 31.7 Å². The second-order valence-electron chi connectivity index (χ2n) is 6.99. The van der Waals surface area contributed by atoms with Gasteiger partial charge in [0.2, 0.25) is 0 Å². The third kappa shape index (κ3) is 7.04. The summed E-state index contributed by atoms with van der Waals surface area (Å²) in [5.74, 6) is 1.91. The van der Waals surface area contributed by atoms with E-state index >= 15 is 0 Å². The number of aliphatic imine (C=N–C) groups is 1. The fourth-order valence-electron chi connectivity index (χ4n) is 2.85. The summed E-state index contributed by atoms with van der Waals surface area (Å²) in [6.45, 7) is 1.79. The van der Waals surface area contributed by atoms with Crippen molar-refractivity contribution in [2.45, 2.75) is 13.0 Å². The van der Waals surface area contributed by atoms with Crippen molar-refractivity contribution in [1.29, 1.82) is 0 Å². The molecule has 0 aliphatic carbocycles. The third-order valence-corrected chi connectivity index (χ3v) is 5.36. The molecule has 1 heterocycles. The number of para-hydroxylation sites is 1. The lowest BCUT2D eigenvalue weighted by Gasteiger charge is -2.25. The molecule has 0 saturated heterocycles. The van der Waals surface area contributed by atoms with Gasteiger partial charge in [0.15, 0.2) is 5.17 Å². The zero-order chi connectivity index (χ0) is 20.3. The first kappa shape index (κ1) is 21.1. The molecule has 0 fully saturated rings. The number of hydrogen-bond donors (Lipinski definition) is 0. The summed E-state index contributed by atoms with van der Waals surface area (Å²) in [5.41, 5.74) is 2.18. The first-order chi connectivity index (χ1) is 14.2. The van der Waals surface area contributed by atoms with Gasteiger partial charge >= 0.3 is 0 Å². The molecule has 0 radical (unpaired) electrons. The lowest BCUT2D eigenvalue weighted by molar-refractivity contribution is 0.410. The zero-order valence-corrected chi connectivity index (χ0v) is 17.9. The van der Waals surface area contributed by atoms with Crippen molar-refractivity contribution in [3.05, 3.63) is 90.6 Å². The Bertz CT molecular complexity index is 867. The van der Waals surface area contributed by atoms with E-state index < -0.39 is 0 Å². The molecular weight excluding hydrogens is 376 g/mol. The molecule has 0 amide bonds. The summed E-state index contributed by atoms with van der Waals surface area (Å²) >= 11 is 1.79. The van der Waals surface area contributed by atoms with Crippen molar-refractivity contribution in [3.8, 4) is 0 Å². The Morgan fingerprint density at radius 1 is 0.897 bits per heavy atom. The van der Waals surface area contributed by atoms with Gasteiger partial charge in [0.05, 0.1) is 12.2 Å². The third-order valence-electron chi connectivity index (χ3n) is 4.30. The van der Waals surface area contributed by atoms with Crippen molar-refractivity contribution >= 4 is 28.4 Å². The predicted octanol–water partition coefficient (Wildman–Crippen LogP) is 5.46. The van der Waals surface area contributed by atoms with Crippen LogP contribution in [0.4, 0.5) is 11.5 Å². The van der Waals surface area contributed by atoms with E-state index in [4.69, 9.17) is 4.99 Å². The van der Waals surface area contributed by atoms with Crippen LogP contribution in [0.5, 0.6) is 0 Å². The van der Waals surface area contributed by atoms with Crippen LogP contribution in [0.3, 0.4) is 0 Å². The highest BCUT2D eigenvalue weighted by atomic mass is 32.2. The number of hydrogen-bond acceptors (Lipinski definition) is 4. The van der Waals surface area contributed by atoms with E-state index in [0.29, 0.717) is 0 Å². The Labute approximate surface area is 178 Å². The maximum absolute atomic E-state index is 5.00. The van der Waals surface area contributed by atoms with Crippen LogP contribution in [-0.4, -0.2) is 41.4 Å². The number of benzene rings is 2. The normalized spacial score (nSPS) is 11.6. The van der Waals surface area contributed by atoms with Crippen LogP contribution in [0.2, 0.25) is 0 Å². The van der Waals surface area contributed by atoms with E-state index in [-0.39, 0.29) is 0 Å². The number of nitrogens with zero attached hydrogens (tertiary/aromatic N) is 4. The predicted molar refractivity (Wildman–Crippen MR) is 126 cm³/mol. The summed E-state index contributed by atoms with van der Waals surface area (Å²) in [6.07, 6.45) is 2.94. The fraction of sp³-hybridized carbons (Fsp3) is 0.250. The summed E-state index contributed by atoms with van der Waals surface area (Å²) in [4.78, 5) is 14.0. The Balaban J connectivity index is 1.91. The van der Waals surface area contributed by atoms with Crippen LogP contribution >= 0.6 is 11.8 Å². The van der Waals surface area contributed by atoms with E-state index in [1.54, 1.807) is 11.8 Å².